The molecule has 0 aromatic rings. The van der Waals surface area contributed by atoms with E-state index in [9.17, 15) is 50.4 Å². The van der Waals surface area contributed by atoms with Crippen LogP contribution in [0.5, 0.6) is 0 Å². The summed E-state index contributed by atoms with van der Waals surface area (Å²) in [6, 6.07) is 0. The third-order valence-electron chi connectivity index (χ3n) is 16.5. The maximum atomic E-state index is 13.5. The van der Waals surface area contributed by atoms with Gasteiger partial charge in [-0.2, -0.15) is 0 Å². The van der Waals surface area contributed by atoms with Crippen LogP contribution in [0.1, 0.15) is 122 Å². The fourth-order valence-electron chi connectivity index (χ4n) is 11.6. The van der Waals surface area contributed by atoms with Gasteiger partial charge in [0.2, 0.25) is 0 Å². The Morgan fingerprint density at radius 3 is 1.25 bits per heavy atom. The maximum Gasteiger partial charge on any atom is 0.331 e. The quantitative estimate of drug-likeness (QED) is 0.114. The van der Waals surface area contributed by atoms with Crippen molar-refractivity contribution in [3.05, 3.63) is 48.6 Å². The molecule has 5 aliphatic heterocycles. The molecule has 4 fully saturated rings. The Bertz CT molecular complexity index is 1710. The van der Waals surface area contributed by atoms with Crippen LogP contribution < -0.4 is 0 Å². The van der Waals surface area contributed by atoms with E-state index in [0.29, 0.717) is 12.8 Å². The van der Waals surface area contributed by atoms with E-state index in [2.05, 4.69) is 0 Å². The molecule has 0 aromatic heterocycles. The number of hydrogen-bond acceptors (Lipinski definition) is 18. The monoisotopic (exact) mass is 1020 g/mol. The van der Waals surface area contributed by atoms with E-state index >= 15 is 0 Å². The summed E-state index contributed by atoms with van der Waals surface area (Å²) in [7, 11) is 0. The van der Waals surface area contributed by atoms with E-state index < -0.39 is 157 Å². The summed E-state index contributed by atoms with van der Waals surface area (Å²) in [4.78, 5) is 27.0. The number of carbonyl (C=O) groups is 2. The summed E-state index contributed by atoms with van der Waals surface area (Å²) < 4.78 is 49.1. The van der Waals surface area contributed by atoms with Gasteiger partial charge in [-0.15, -0.1) is 0 Å². The highest BCUT2D eigenvalue weighted by Crippen LogP contribution is 2.45. The standard InChI is InChI=1S/C54H88O18/c1-13-37-33(9)71-53(63,25-41(37)67-45-23-39(55)49(61)35(11)65-45)31(7)47(59)29(5)51-27(3)19-15-17-22-44(58)70-52(28(4)20-16-18-21-43(57)69-51)30(6)48(60)32(8)54(64)26-42(38(14-2)34(10)72-54)68-46-24-40(56)50(62)36(12)66-46/h15-22,27-42,45-52,55-56,59-64H,13-14,23-26H2,1-12H3/b19-15+,20-16+,21-18+,22-17+/t27-,28-,29-,30-,31-,32-,33+,34+,35-,36-,37+,38+,39-,40-,41+,42+,45-,46?,47+,48+,49+,50+,51-,52-,53+,54+/m0/s1. The second-order valence-electron chi connectivity index (χ2n) is 21.7. The van der Waals surface area contributed by atoms with Crippen LogP contribution in [-0.4, -0.2) is 162 Å². The second kappa shape index (κ2) is 25.9. The van der Waals surface area contributed by atoms with Gasteiger partial charge in [0.25, 0.3) is 0 Å². The summed E-state index contributed by atoms with van der Waals surface area (Å²) in [5.74, 6) is -9.84. The molecule has 5 heterocycles. The van der Waals surface area contributed by atoms with Crippen molar-refractivity contribution in [2.24, 2.45) is 47.3 Å². The van der Waals surface area contributed by atoms with Gasteiger partial charge in [-0.05, 0) is 40.5 Å². The largest absolute Gasteiger partial charge is 0.458 e. The number of carbonyl (C=O) groups excluding carboxylic acids is 2. The molecule has 0 aromatic carbocycles. The summed E-state index contributed by atoms with van der Waals surface area (Å²) in [5.41, 5.74) is 0. The van der Waals surface area contributed by atoms with Gasteiger partial charge in [-0.25, -0.2) is 9.59 Å². The molecular formula is C54H88O18. The van der Waals surface area contributed by atoms with Crippen LogP contribution in [0.3, 0.4) is 0 Å². The number of aliphatic hydroxyl groups is 8. The molecule has 5 aliphatic rings. The van der Waals surface area contributed by atoms with E-state index in [1.165, 1.54) is 24.3 Å². The molecule has 72 heavy (non-hydrogen) atoms. The zero-order valence-electron chi connectivity index (χ0n) is 44.4. The van der Waals surface area contributed by atoms with Gasteiger partial charge in [0.15, 0.2) is 24.2 Å². The molecule has 0 aliphatic carbocycles. The van der Waals surface area contributed by atoms with Gasteiger partial charge in [0.05, 0.1) is 61.0 Å². The van der Waals surface area contributed by atoms with E-state index in [-0.39, 0.29) is 37.5 Å². The van der Waals surface area contributed by atoms with Crippen LogP contribution >= 0.6 is 0 Å². The highest BCUT2D eigenvalue weighted by molar-refractivity contribution is 5.83. The summed E-state index contributed by atoms with van der Waals surface area (Å²) >= 11 is 0. The molecule has 412 valence electrons. The molecule has 18 heteroatoms. The van der Waals surface area contributed by atoms with Gasteiger partial charge in [-0.1, -0.05) is 91.8 Å². The molecule has 0 spiro atoms. The fourth-order valence-corrected chi connectivity index (χ4v) is 11.6. The van der Waals surface area contributed by atoms with Gasteiger partial charge in [0, 0.05) is 85.2 Å². The Kier molecular flexibility index (Phi) is 21.7. The Morgan fingerprint density at radius 1 is 0.583 bits per heavy atom. The predicted octanol–water partition coefficient (Wildman–Crippen LogP) is 4.12. The average molecular weight is 1030 g/mol. The number of esters is 2. The lowest BCUT2D eigenvalue weighted by atomic mass is 9.76. The van der Waals surface area contributed by atoms with Gasteiger partial charge < -0.3 is 78.7 Å². The molecule has 26 atom stereocenters. The lowest BCUT2D eigenvalue weighted by Crippen LogP contribution is -2.59. The molecule has 18 nitrogen and oxygen atoms in total. The summed E-state index contributed by atoms with van der Waals surface area (Å²) in [6.07, 6.45) is -0.317. The topological polar surface area (TPSA) is 270 Å². The van der Waals surface area contributed by atoms with Crippen molar-refractivity contribution < 1.29 is 88.3 Å². The maximum absolute atomic E-state index is 13.5. The molecule has 4 saturated heterocycles. The smallest absolute Gasteiger partial charge is 0.331 e. The van der Waals surface area contributed by atoms with Gasteiger partial charge in [-0.3, -0.25) is 0 Å². The minimum absolute atomic E-state index is 0.0264. The second-order valence-corrected chi connectivity index (χ2v) is 21.7. The molecular weight excluding hydrogens is 937 g/mol. The summed E-state index contributed by atoms with van der Waals surface area (Å²) in [6.45, 7) is 21.3. The van der Waals surface area contributed by atoms with E-state index in [4.69, 9.17) is 37.9 Å². The number of rotatable bonds is 14. The number of ether oxygens (including phenoxy) is 8. The Labute approximate surface area is 426 Å². The van der Waals surface area contributed by atoms with Gasteiger partial charge in [0.1, 0.15) is 24.4 Å². The number of aliphatic hydroxyl groups excluding tert-OH is 6. The normalized spacial score (nSPS) is 46.1. The summed E-state index contributed by atoms with van der Waals surface area (Å²) in [5, 5.41) is 89.6. The molecule has 0 bridgehead atoms. The van der Waals surface area contributed by atoms with Crippen molar-refractivity contribution >= 4 is 11.9 Å². The first kappa shape index (κ1) is 60.2. The first-order valence-electron chi connectivity index (χ1n) is 26.4. The van der Waals surface area contributed by atoms with E-state index in [0.717, 1.165) is 0 Å². The van der Waals surface area contributed by atoms with Crippen molar-refractivity contribution in [2.45, 2.75) is 231 Å². The third-order valence-corrected chi connectivity index (χ3v) is 16.5. The van der Waals surface area contributed by atoms with Crippen LogP contribution in [0.15, 0.2) is 48.6 Å². The molecule has 0 radical (unpaired) electrons. The van der Waals surface area contributed by atoms with Crippen LogP contribution in [0.4, 0.5) is 0 Å². The predicted molar refractivity (Wildman–Crippen MR) is 263 cm³/mol. The zero-order chi connectivity index (χ0) is 53.6. The SMILES string of the molecule is CC[C@@H]1[C@@H](C)O[C@@](O)([C@@H](C)[C@H](O)[C@H](C)[C@H]2OC(=O)/C=C/C=C/[C@H](C)[C@@H]([C@@H](C)[C@@H](O)[C@H](C)[C@@]3(O)C[C@@H](O[C@H]4C[C@H](O)[C@H](O)[C@H](C)O4)[C@H](CC)[C@@H](C)O3)OC(=O)/C=C/C=C/[C@@H]2C)C[C@H]1OC1C[C@H](O)[C@H](O)[C@H](C)O1. The van der Waals surface area contributed by atoms with Crippen LogP contribution in [0.25, 0.3) is 0 Å². The zero-order valence-corrected chi connectivity index (χ0v) is 44.4. The third kappa shape index (κ3) is 14.4. The molecule has 8 N–H and O–H groups in total. The Balaban J connectivity index is 1.28. The van der Waals surface area contributed by atoms with Crippen molar-refractivity contribution in [1.29, 1.82) is 0 Å². The van der Waals surface area contributed by atoms with Gasteiger partial charge >= 0.3 is 11.9 Å². The minimum Gasteiger partial charge on any atom is -0.458 e. The highest BCUT2D eigenvalue weighted by Gasteiger charge is 2.54. The first-order chi connectivity index (χ1) is 33.7. The average Bonchev–Trinajstić information content (AvgIpc) is 3.31. The Hall–Kier alpha value is -2.66. The van der Waals surface area contributed by atoms with E-state index in [1.54, 1.807) is 79.7 Å². The molecule has 0 amide bonds. The molecule has 5 rings (SSSR count). The van der Waals surface area contributed by atoms with Crippen molar-refractivity contribution in [3.63, 3.8) is 0 Å². The minimum atomic E-state index is -1.88. The number of cyclic esters (lactones) is 2. The van der Waals surface area contributed by atoms with Crippen molar-refractivity contribution in [2.75, 3.05) is 0 Å². The highest BCUT2D eigenvalue weighted by atomic mass is 16.7. The van der Waals surface area contributed by atoms with E-state index in [1.807, 2.05) is 27.7 Å². The fraction of sp³-hybridized carbons (Fsp3) is 0.815. The van der Waals surface area contributed by atoms with Crippen molar-refractivity contribution in [1.82, 2.24) is 0 Å². The molecule has 0 saturated carbocycles. The lowest BCUT2D eigenvalue weighted by molar-refractivity contribution is -0.345. The van der Waals surface area contributed by atoms with Crippen LogP contribution in [0, 0.1) is 47.3 Å². The first-order valence-corrected chi connectivity index (χ1v) is 26.4. The Morgan fingerprint density at radius 2 is 0.931 bits per heavy atom. The number of allylic oxidation sites excluding steroid dienone is 4. The van der Waals surface area contributed by atoms with Crippen LogP contribution in [0.2, 0.25) is 0 Å². The van der Waals surface area contributed by atoms with Crippen LogP contribution in [-0.2, 0) is 47.5 Å². The number of hydrogen-bond donors (Lipinski definition) is 8. The lowest BCUT2D eigenvalue weighted by Gasteiger charge is -2.50. The van der Waals surface area contributed by atoms with Crippen molar-refractivity contribution in [3.8, 4) is 0 Å². The molecule has 1 unspecified atom stereocenters.